The molecular weight excluding hydrogens is 422 g/mol. The van der Waals surface area contributed by atoms with Crippen LogP contribution in [0.15, 0.2) is 115 Å². The van der Waals surface area contributed by atoms with Crippen LogP contribution in [-0.2, 0) is 5.41 Å². The molecule has 5 aromatic carbocycles. The van der Waals surface area contributed by atoms with Crippen molar-refractivity contribution in [1.82, 2.24) is 0 Å². The smallest absolute Gasteiger partial charge is 0.0648 e. The predicted molar refractivity (Wildman–Crippen MR) is 149 cm³/mol. The number of anilines is 2. The van der Waals surface area contributed by atoms with Gasteiger partial charge in [-0.05, 0) is 81.2 Å². The molecule has 0 saturated carbocycles. The summed E-state index contributed by atoms with van der Waals surface area (Å²) < 4.78 is 163. The highest BCUT2D eigenvalue weighted by Gasteiger charge is 2.37. The molecule has 35 heavy (non-hydrogen) atoms. The largest absolute Gasteiger partial charge is 0.356 e. The number of hydrogen-bond donors (Lipinski definition) is 1. The van der Waals surface area contributed by atoms with Crippen molar-refractivity contribution >= 4 is 11.4 Å². The Balaban J connectivity index is 1.65. The van der Waals surface area contributed by atoms with Crippen LogP contribution in [0.3, 0.4) is 0 Å². The van der Waals surface area contributed by atoms with Crippen LogP contribution < -0.4 is 5.32 Å². The number of nitrogens with one attached hydrogen (secondary N) is 1. The first kappa shape index (κ1) is 9.17. The summed E-state index contributed by atoms with van der Waals surface area (Å²) in [6.07, 6.45) is 0. The van der Waals surface area contributed by atoms with E-state index in [2.05, 4.69) is 5.32 Å². The molecule has 0 saturated heterocycles. The first-order chi connectivity index (χ1) is 24.9. The van der Waals surface area contributed by atoms with Crippen molar-refractivity contribution in [3.8, 4) is 33.4 Å². The number of rotatable bonds is 4. The van der Waals surface area contributed by atoms with E-state index in [-0.39, 0.29) is 38.9 Å². The lowest BCUT2D eigenvalue weighted by Crippen LogP contribution is -2.15. The summed E-state index contributed by atoms with van der Waals surface area (Å²) in [5, 5.41) is 2.63. The molecule has 0 aromatic heterocycles. The maximum absolute atomic E-state index is 9.36. The Kier molecular flexibility index (Phi) is 2.17. The summed E-state index contributed by atoms with van der Waals surface area (Å²) in [4.78, 5) is 0. The van der Waals surface area contributed by atoms with Gasteiger partial charge in [-0.15, -0.1) is 0 Å². The summed E-state index contributed by atoms with van der Waals surface area (Å²) in [6.45, 7) is 4.59. The molecule has 1 N–H and O–H groups in total. The van der Waals surface area contributed by atoms with Gasteiger partial charge in [-0.25, -0.2) is 0 Å². The SMILES string of the molecule is [2H]c1c([2H])c([2H])c(-c2c([2H])c([2H])c(Nc3c([2H])c([2H])c4c(c3[2H])C(C)(C)c3c([2H])c([2H])c([2H])c(-c5c([2H])c([2H])c([2H])c([2H])c5C)c3-4)c([2H])c2[2H])c([2H])c1[2H]. The molecule has 0 amide bonds. The maximum atomic E-state index is 9.36. The van der Waals surface area contributed by atoms with E-state index in [1.165, 1.54) is 6.92 Å². The van der Waals surface area contributed by atoms with E-state index in [4.69, 9.17) is 23.3 Å². The van der Waals surface area contributed by atoms with Crippen LogP contribution in [0.4, 0.5) is 11.4 Å². The van der Waals surface area contributed by atoms with Gasteiger partial charge in [0.15, 0.2) is 0 Å². The van der Waals surface area contributed by atoms with Crippen molar-refractivity contribution in [1.29, 1.82) is 0 Å². The minimum atomic E-state index is -1.39. The first-order valence-electron chi connectivity index (χ1n) is 20.2. The Morgan fingerprint density at radius 2 is 1.23 bits per heavy atom. The molecule has 0 heterocycles. The second kappa shape index (κ2) is 8.29. The molecule has 0 spiro atoms. The van der Waals surface area contributed by atoms with E-state index < -0.39 is 143 Å². The van der Waals surface area contributed by atoms with E-state index in [1.54, 1.807) is 13.8 Å². The van der Waals surface area contributed by atoms with Crippen molar-refractivity contribution in [2.75, 3.05) is 5.32 Å². The van der Waals surface area contributed by atoms with Gasteiger partial charge < -0.3 is 5.32 Å². The minimum Gasteiger partial charge on any atom is -0.356 e. The fourth-order valence-corrected chi connectivity index (χ4v) is 4.19. The third-order valence-corrected chi connectivity index (χ3v) is 5.94. The summed E-state index contributed by atoms with van der Waals surface area (Å²) in [5.74, 6) is 0. The molecule has 1 aliphatic rings. The van der Waals surface area contributed by atoms with Crippen LogP contribution >= 0.6 is 0 Å². The maximum Gasteiger partial charge on any atom is 0.0648 e. The zero-order valence-corrected chi connectivity index (χ0v) is 19.0. The third kappa shape index (κ3) is 3.65. The second-order valence-electron chi connectivity index (χ2n) is 8.50. The molecule has 0 fully saturated rings. The van der Waals surface area contributed by atoms with Gasteiger partial charge in [-0.3, -0.25) is 0 Å². The molecule has 5 aromatic rings. The standard InChI is InChI=1S/C34H29N/c1-23-10-7-8-13-28(23)29-14-9-15-31-33(29)30-21-20-27(22-32(30)34(31,2)3)35-26-18-16-25(17-19-26)24-11-5-4-6-12-24/h4-22,35H,1-3H3/i4D,5D,6D,7D,8D,9D,10D,11D,12D,13D,14D,15D,16D,17D,18D,19D,20D,21D,22D. The average Bonchev–Trinajstić information content (AvgIpc) is 3.37. The second-order valence-corrected chi connectivity index (χ2v) is 8.50. The molecule has 170 valence electrons. The van der Waals surface area contributed by atoms with Gasteiger partial charge in [0.1, 0.15) is 0 Å². The van der Waals surface area contributed by atoms with E-state index >= 15 is 0 Å². The van der Waals surface area contributed by atoms with Crippen molar-refractivity contribution in [3.63, 3.8) is 0 Å². The van der Waals surface area contributed by atoms with Crippen LogP contribution in [0.25, 0.3) is 33.4 Å². The summed E-state index contributed by atoms with van der Waals surface area (Å²) >= 11 is 0. The Hall–Kier alpha value is -4.10. The van der Waals surface area contributed by atoms with Gasteiger partial charge in [-0.1, -0.05) is 104 Å². The van der Waals surface area contributed by atoms with E-state index in [1.807, 2.05) is 0 Å². The highest BCUT2D eigenvalue weighted by atomic mass is 14.9. The fraction of sp³-hybridized carbons (Fsp3) is 0.118. The van der Waals surface area contributed by atoms with Gasteiger partial charge in [0, 0.05) is 16.8 Å². The first-order valence-corrected chi connectivity index (χ1v) is 10.8. The lowest BCUT2D eigenvalue weighted by atomic mass is 9.81. The molecule has 0 bridgehead atoms. The highest BCUT2D eigenvalue weighted by molar-refractivity contribution is 5.94. The average molecular weight is 471 g/mol. The van der Waals surface area contributed by atoms with Gasteiger partial charge >= 0.3 is 0 Å². The molecule has 1 heteroatoms. The normalized spacial score (nSPS) is 20.8. The highest BCUT2D eigenvalue weighted by Crippen LogP contribution is 2.53. The predicted octanol–water partition coefficient (Wildman–Crippen LogP) is 9.38. The van der Waals surface area contributed by atoms with Crippen LogP contribution in [0, 0.1) is 6.92 Å². The topological polar surface area (TPSA) is 12.0 Å². The van der Waals surface area contributed by atoms with Crippen LogP contribution in [0.2, 0.25) is 0 Å². The van der Waals surface area contributed by atoms with Gasteiger partial charge in [0.2, 0.25) is 0 Å². The van der Waals surface area contributed by atoms with Crippen molar-refractivity contribution in [2.45, 2.75) is 26.2 Å². The van der Waals surface area contributed by atoms with E-state index in [9.17, 15) is 2.74 Å². The molecule has 1 aliphatic carbocycles. The van der Waals surface area contributed by atoms with Crippen LogP contribution in [0.5, 0.6) is 0 Å². The summed E-state index contributed by atoms with van der Waals surface area (Å²) in [7, 11) is 0. The van der Waals surface area contributed by atoms with E-state index in [0.29, 0.717) is 0 Å². The zero-order valence-electron chi connectivity index (χ0n) is 38.0. The van der Waals surface area contributed by atoms with Crippen molar-refractivity contribution in [3.05, 3.63) is 131 Å². The number of benzene rings is 5. The molecule has 0 aliphatic heterocycles. The third-order valence-electron chi connectivity index (χ3n) is 5.94. The summed E-state index contributed by atoms with van der Waals surface area (Å²) in [5.41, 5.74) is -3.76. The molecule has 0 unspecified atom stereocenters. The Morgan fingerprint density at radius 1 is 0.571 bits per heavy atom. The fourth-order valence-electron chi connectivity index (χ4n) is 4.19. The molecule has 6 rings (SSSR count). The number of hydrogen-bond acceptors (Lipinski definition) is 1. The van der Waals surface area contributed by atoms with Crippen LogP contribution in [-0.4, -0.2) is 0 Å². The Bertz CT molecular complexity index is 2470. The van der Waals surface area contributed by atoms with Crippen LogP contribution in [0.1, 0.15) is 56.6 Å². The lowest BCUT2D eigenvalue weighted by molar-refractivity contribution is 0.661. The van der Waals surface area contributed by atoms with Gasteiger partial charge in [0.25, 0.3) is 0 Å². The molecule has 1 nitrogen and oxygen atoms in total. The molecule has 0 atom stereocenters. The lowest BCUT2D eigenvalue weighted by Gasteiger charge is -2.22. The van der Waals surface area contributed by atoms with Gasteiger partial charge in [-0.2, -0.15) is 0 Å². The molecular formula is C34H29N. The Morgan fingerprint density at radius 3 is 2.03 bits per heavy atom. The monoisotopic (exact) mass is 470 g/mol. The van der Waals surface area contributed by atoms with Crippen molar-refractivity contribution in [2.24, 2.45) is 0 Å². The van der Waals surface area contributed by atoms with Gasteiger partial charge in [0.05, 0.1) is 26.0 Å². The van der Waals surface area contributed by atoms with E-state index in [0.717, 1.165) is 0 Å². The number of fused-ring (bicyclic) bond motifs is 3. The quantitative estimate of drug-likeness (QED) is 0.276. The molecule has 0 radical (unpaired) electrons. The summed E-state index contributed by atoms with van der Waals surface area (Å²) in [6, 6.07) is -12.1. The van der Waals surface area contributed by atoms with Crippen molar-refractivity contribution < 1.29 is 26.0 Å². The minimum absolute atomic E-state index is 0.0140. The Labute approximate surface area is 234 Å². The zero-order chi connectivity index (χ0) is 40.5.